The van der Waals surface area contributed by atoms with Crippen LogP contribution in [0, 0.1) is 18.8 Å². The quantitative estimate of drug-likeness (QED) is 0.188. The molecule has 2 fully saturated rings. The molecule has 26 nitrogen and oxygen atoms in total. The normalized spacial score (nSPS) is 24.0. The Labute approximate surface area is 488 Å². The van der Waals surface area contributed by atoms with E-state index in [0.717, 1.165) is 41.4 Å². The van der Waals surface area contributed by atoms with Crippen LogP contribution in [0.4, 0.5) is 0 Å². The van der Waals surface area contributed by atoms with Crippen molar-refractivity contribution in [3.05, 3.63) is 35.4 Å². The number of carbonyl (C=O) groups is 12. The molecule has 2 saturated heterocycles. The standard InChI is InChI=1S/C57H92N12O14/c1-15-38(5)51-57(81)64(8)33-49(74)62(6)34-50(75)66(10)42(28-39-21-19-37(4)20-22-39)55(79)63(7)32-46(71)58-30-45(70)59-31-48(73)67(11)44(35-83-14)53(77)60-40(27-36(2)3)54(78)68(12)43(56(80)69-24-17-16-18-25-69)29-47(72)65(9)41(23-26-82-13)52(76)61-51/h19-22,36,38,40-44,51H,15-18,23-35H2,1-14H3,(H,58,71)(H,59,70)(H,60,77)(H,61,76)/t38-,40?,41?,42?,43?,44?,51?/m0/s1. The van der Waals surface area contributed by atoms with Gasteiger partial charge in [-0.05, 0) is 50.0 Å². The van der Waals surface area contributed by atoms with Gasteiger partial charge in [-0.2, -0.15) is 0 Å². The van der Waals surface area contributed by atoms with Crippen molar-refractivity contribution in [1.82, 2.24) is 60.5 Å². The van der Waals surface area contributed by atoms with Gasteiger partial charge < -0.3 is 69.9 Å². The highest BCUT2D eigenvalue weighted by molar-refractivity contribution is 5.99. The summed E-state index contributed by atoms with van der Waals surface area (Å²) in [5.74, 6) is -9.06. The zero-order valence-electron chi connectivity index (χ0n) is 51.2. The maximum absolute atomic E-state index is 14.8. The fourth-order valence-corrected chi connectivity index (χ4v) is 9.61. The van der Waals surface area contributed by atoms with Gasteiger partial charge in [-0.3, -0.25) is 57.5 Å². The molecule has 4 N–H and O–H groups in total. The molecule has 0 spiro atoms. The van der Waals surface area contributed by atoms with Crippen LogP contribution in [0.15, 0.2) is 24.3 Å². The highest BCUT2D eigenvalue weighted by atomic mass is 16.5. The average molecular weight is 1170 g/mol. The summed E-state index contributed by atoms with van der Waals surface area (Å²) in [5, 5.41) is 10.4. The SMILES string of the molecule is CC[C@H](C)C1NC(=O)C(CCOC)N(C)C(=O)CC(C(=O)N2CCCCC2)N(C)C(=O)C(CC(C)C)NC(=O)C(COC)N(C)C(=O)CNC(=O)CNC(=O)CN(C)C(=O)C(Cc2ccc(C)cc2)N(C)C(=O)CN(C)C(=O)CN(C)C1=O. The first-order chi connectivity index (χ1) is 39.1. The zero-order chi connectivity index (χ0) is 62.4. The number of nitrogens with one attached hydrogen (secondary N) is 4. The van der Waals surface area contributed by atoms with E-state index in [1.54, 1.807) is 24.0 Å². The molecule has 3 rings (SSSR count). The van der Waals surface area contributed by atoms with E-state index in [9.17, 15) is 57.5 Å². The third kappa shape index (κ3) is 20.9. The predicted molar refractivity (Wildman–Crippen MR) is 306 cm³/mol. The van der Waals surface area contributed by atoms with Gasteiger partial charge in [0.2, 0.25) is 70.9 Å². The molecule has 464 valence electrons. The first-order valence-electron chi connectivity index (χ1n) is 28.3. The number of hydrogen-bond donors (Lipinski definition) is 4. The van der Waals surface area contributed by atoms with Crippen LogP contribution in [0.2, 0.25) is 0 Å². The Balaban J connectivity index is 2.13. The van der Waals surface area contributed by atoms with Crippen molar-refractivity contribution in [3.8, 4) is 0 Å². The van der Waals surface area contributed by atoms with Crippen LogP contribution in [0.25, 0.3) is 0 Å². The molecule has 0 aromatic heterocycles. The van der Waals surface area contributed by atoms with E-state index in [-0.39, 0.29) is 38.4 Å². The smallest absolute Gasteiger partial charge is 0.245 e. The lowest BCUT2D eigenvalue weighted by atomic mass is 9.97. The minimum Gasteiger partial charge on any atom is -0.385 e. The van der Waals surface area contributed by atoms with Crippen LogP contribution in [-0.2, 0) is 73.4 Å². The summed E-state index contributed by atoms with van der Waals surface area (Å²) in [6, 6.07) is -0.435. The van der Waals surface area contributed by atoms with Crippen LogP contribution in [0.3, 0.4) is 0 Å². The van der Waals surface area contributed by atoms with Crippen molar-refractivity contribution in [2.45, 2.75) is 122 Å². The van der Waals surface area contributed by atoms with Gasteiger partial charge >= 0.3 is 0 Å². The van der Waals surface area contributed by atoms with Gasteiger partial charge in [0.25, 0.3) is 0 Å². The Morgan fingerprint density at radius 1 is 0.602 bits per heavy atom. The van der Waals surface area contributed by atoms with Crippen molar-refractivity contribution < 1.29 is 67.0 Å². The molecule has 26 heteroatoms. The van der Waals surface area contributed by atoms with Crippen molar-refractivity contribution in [3.63, 3.8) is 0 Å². The van der Waals surface area contributed by atoms with Gasteiger partial charge in [0.15, 0.2) is 0 Å². The molecule has 0 aliphatic carbocycles. The molecule has 0 saturated carbocycles. The van der Waals surface area contributed by atoms with Gasteiger partial charge in [0, 0.05) is 96.1 Å². The van der Waals surface area contributed by atoms with Gasteiger partial charge in [0.05, 0.1) is 45.8 Å². The number of nitrogens with zero attached hydrogens (tertiary/aromatic N) is 8. The van der Waals surface area contributed by atoms with Gasteiger partial charge in [-0.1, -0.05) is 63.9 Å². The van der Waals surface area contributed by atoms with E-state index in [2.05, 4.69) is 21.3 Å². The number of likely N-dealkylation sites (tertiary alicyclic amines) is 1. The number of ether oxygens (including phenoxy) is 2. The monoisotopic (exact) mass is 1170 g/mol. The highest BCUT2D eigenvalue weighted by Crippen LogP contribution is 2.21. The number of piperidine rings is 1. The second kappa shape index (κ2) is 33.8. The van der Waals surface area contributed by atoms with Crippen molar-refractivity contribution in [1.29, 1.82) is 0 Å². The molecule has 6 unspecified atom stereocenters. The zero-order valence-corrected chi connectivity index (χ0v) is 51.2. The first-order valence-corrected chi connectivity index (χ1v) is 28.3. The highest BCUT2D eigenvalue weighted by Gasteiger charge is 2.41. The fraction of sp³-hybridized carbons (Fsp3) is 0.684. The molecule has 1 aromatic carbocycles. The molecule has 12 amide bonds. The van der Waals surface area contributed by atoms with Crippen molar-refractivity contribution >= 4 is 70.9 Å². The number of methoxy groups -OCH3 is 2. The first kappa shape index (κ1) is 70.0. The lowest BCUT2D eigenvalue weighted by Crippen LogP contribution is -2.60. The van der Waals surface area contributed by atoms with E-state index in [1.807, 2.05) is 39.8 Å². The van der Waals surface area contributed by atoms with Crippen LogP contribution >= 0.6 is 0 Å². The molecule has 2 heterocycles. The van der Waals surface area contributed by atoms with Gasteiger partial charge in [-0.25, -0.2) is 0 Å². The minimum absolute atomic E-state index is 0.00833. The number of likely N-dealkylation sites (N-methyl/N-ethyl adjacent to an activating group) is 7. The molecular weight excluding hydrogens is 1080 g/mol. The lowest BCUT2D eigenvalue weighted by molar-refractivity contribution is -0.151. The Kier molecular flexibility index (Phi) is 28.5. The number of benzene rings is 1. The molecule has 0 radical (unpaired) electrons. The Bertz CT molecular complexity index is 2440. The molecule has 2 aliphatic heterocycles. The average Bonchev–Trinajstić information content (AvgIpc) is 3.58. The summed E-state index contributed by atoms with van der Waals surface area (Å²) in [6.07, 6.45) is 2.09. The van der Waals surface area contributed by atoms with Crippen molar-refractivity contribution in [2.24, 2.45) is 11.8 Å². The third-order valence-electron chi connectivity index (χ3n) is 15.4. The summed E-state index contributed by atoms with van der Waals surface area (Å²) < 4.78 is 10.7. The third-order valence-corrected chi connectivity index (χ3v) is 15.4. The molecule has 83 heavy (non-hydrogen) atoms. The molecule has 0 bridgehead atoms. The maximum atomic E-state index is 14.8. The maximum Gasteiger partial charge on any atom is 0.245 e. The number of aryl methyl sites for hydroxylation is 1. The van der Waals surface area contributed by atoms with E-state index in [1.165, 1.54) is 68.5 Å². The largest absolute Gasteiger partial charge is 0.385 e. The Hall–Kier alpha value is -7.22. The van der Waals surface area contributed by atoms with Gasteiger partial charge in [-0.15, -0.1) is 0 Å². The number of rotatable bonds is 12. The Morgan fingerprint density at radius 2 is 1.17 bits per heavy atom. The molecule has 1 aromatic rings. The summed E-state index contributed by atoms with van der Waals surface area (Å²) in [7, 11) is 12.2. The Morgan fingerprint density at radius 3 is 1.76 bits per heavy atom. The second-order valence-corrected chi connectivity index (χ2v) is 22.3. The van der Waals surface area contributed by atoms with E-state index in [0.29, 0.717) is 37.9 Å². The predicted octanol–water partition coefficient (Wildman–Crippen LogP) is -1.39. The lowest BCUT2D eigenvalue weighted by Gasteiger charge is -2.37. The fourth-order valence-electron chi connectivity index (χ4n) is 9.61. The summed E-state index contributed by atoms with van der Waals surface area (Å²) in [4.78, 5) is 178. The topological polar surface area (TPSA) is 297 Å². The van der Waals surface area contributed by atoms with E-state index in [4.69, 9.17) is 9.47 Å². The minimum atomic E-state index is -1.42. The summed E-state index contributed by atoms with van der Waals surface area (Å²) >= 11 is 0. The number of amides is 12. The van der Waals surface area contributed by atoms with Crippen LogP contribution < -0.4 is 21.3 Å². The van der Waals surface area contributed by atoms with Gasteiger partial charge in [0.1, 0.15) is 36.3 Å². The molecular formula is C57H92N12O14. The number of hydrogen-bond acceptors (Lipinski definition) is 14. The number of carbonyl (C=O) groups excluding carboxylic acids is 12. The van der Waals surface area contributed by atoms with Crippen LogP contribution in [0.5, 0.6) is 0 Å². The van der Waals surface area contributed by atoms with Crippen LogP contribution in [0.1, 0.15) is 83.8 Å². The molecule has 7 atom stereocenters. The second-order valence-electron chi connectivity index (χ2n) is 22.3. The van der Waals surface area contributed by atoms with E-state index >= 15 is 0 Å². The molecule has 2 aliphatic rings. The summed E-state index contributed by atoms with van der Waals surface area (Å²) in [5.41, 5.74) is 1.64. The van der Waals surface area contributed by atoms with E-state index < -0.39 is 152 Å². The van der Waals surface area contributed by atoms with Crippen LogP contribution in [-0.4, -0.2) is 269 Å². The summed E-state index contributed by atoms with van der Waals surface area (Å²) in [6.45, 7) is 6.64. The van der Waals surface area contributed by atoms with Crippen molar-refractivity contribution in [2.75, 3.05) is 123 Å².